The highest BCUT2D eigenvalue weighted by Gasteiger charge is 2.28. The minimum Gasteiger partial charge on any atom is -0.381 e. The summed E-state index contributed by atoms with van der Waals surface area (Å²) in [6.07, 6.45) is 10.9. The number of allylic oxidation sites excluding steroid dienone is 3. The first-order chi connectivity index (χ1) is 15.7. The number of ether oxygens (including phenoxy) is 1. The van der Waals surface area contributed by atoms with Crippen molar-refractivity contribution < 1.29 is 13.9 Å². The lowest BCUT2D eigenvalue weighted by Crippen LogP contribution is -2.17. The number of imidazole rings is 1. The summed E-state index contributed by atoms with van der Waals surface area (Å²) in [4.78, 5) is 17.1. The van der Waals surface area contributed by atoms with E-state index in [1.165, 1.54) is 17.7 Å². The number of carbonyl (C=O) groups is 1. The highest BCUT2D eigenvalue weighted by molar-refractivity contribution is 6.05. The van der Waals surface area contributed by atoms with Gasteiger partial charge >= 0.3 is 0 Å². The number of hydrogen-bond acceptors (Lipinski definition) is 4. The minimum atomic E-state index is -0.325. The number of halogens is 1. The molecule has 6 rings (SSSR count). The Bertz CT molecular complexity index is 1300. The molecule has 7 heteroatoms. The summed E-state index contributed by atoms with van der Waals surface area (Å²) >= 11 is 0. The summed E-state index contributed by atoms with van der Waals surface area (Å²) in [5, 5.41) is 6.43. The van der Waals surface area contributed by atoms with Crippen molar-refractivity contribution in [3.05, 3.63) is 77.0 Å². The molecule has 3 aromatic rings. The molecule has 4 heterocycles. The number of aromatic nitrogens is 2. The van der Waals surface area contributed by atoms with Crippen molar-refractivity contribution in [3.8, 4) is 11.3 Å². The van der Waals surface area contributed by atoms with Crippen LogP contribution in [0.4, 0.5) is 10.1 Å². The number of benzene rings is 1. The standard InChI is InChI=1S/C25H23FN4O2/c26-17-5-8-30-22(14-27-23(30)12-17)19-3-4-21(24-20(19)13-28-25(24)31)29-18-2-1-16(11-18)15-6-9-32-10-7-15/h2-5,8,11-12,14-15,29H,1,6-7,9-10,13H2,(H,28,31). The first-order valence-electron chi connectivity index (χ1n) is 11.0. The van der Waals surface area contributed by atoms with Crippen LogP contribution in [0.15, 0.2) is 60.1 Å². The van der Waals surface area contributed by atoms with Gasteiger partial charge in [-0.05, 0) is 49.0 Å². The molecule has 1 aliphatic carbocycles. The normalized spacial score (nSPS) is 18.5. The summed E-state index contributed by atoms with van der Waals surface area (Å²) in [7, 11) is 0. The Kier molecular flexibility index (Phi) is 4.57. The van der Waals surface area contributed by atoms with Crippen LogP contribution in [0.5, 0.6) is 0 Å². The molecule has 2 aromatic heterocycles. The molecule has 162 valence electrons. The maximum atomic E-state index is 13.6. The van der Waals surface area contributed by atoms with Crippen molar-refractivity contribution in [2.45, 2.75) is 25.8 Å². The summed E-state index contributed by atoms with van der Waals surface area (Å²) in [6.45, 7) is 2.11. The molecule has 0 atom stereocenters. The van der Waals surface area contributed by atoms with Gasteiger partial charge in [-0.15, -0.1) is 0 Å². The van der Waals surface area contributed by atoms with Crippen LogP contribution in [-0.4, -0.2) is 28.5 Å². The Labute approximate surface area is 184 Å². The molecule has 0 bridgehead atoms. The first kappa shape index (κ1) is 19.3. The van der Waals surface area contributed by atoms with Gasteiger partial charge in [0.1, 0.15) is 11.5 Å². The second-order valence-corrected chi connectivity index (χ2v) is 8.51. The first-order valence-corrected chi connectivity index (χ1v) is 11.0. The van der Waals surface area contributed by atoms with Crippen molar-refractivity contribution in [2.24, 2.45) is 5.92 Å². The van der Waals surface area contributed by atoms with Crippen LogP contribution in [0.1, 0.15) is 35.2 Å². The zero-order chi connectivity index (χ0) is 21.7. The molecule has 3 aliphatic rings. The summed E-state index contributed by atoms with van der Waals surface area (Å²) in [5.74, 6) is 0.168. The fraction of sp³-hybridized carbons (Fsp3) is 0.280. The van der Waals surface area contributed by atoms with Crippen LogP contribution in [-0.2, 0) is 11.3 Å². The van der Waals surface area contributed by atoms with Gasteiger partial charge in [0.2, 0.25) is 0 Å². The molecule has 1 amide bonds. The molecule has 1 aromatic carbocycles. The van der Waals surface area contributed by atoms with Gasteiger partial charge in [0.15, 0.2) is 0 Å². The van der Waals surface area contributed by atoms with Crippen LogP contribution in [0.3, 0.4) is 0 Å². The third-order valence-corrected chi connectivity index (χ3v) is 6.64. The predicted molar refractivity (Wildman–Crippen MR) is 120 cm³/mol. The van der Waals surface area contributed by atoms with E-state index in [4.69, 9.17) is 4.74 Å². The summed E-state index contributed by atoms with van der Waals surface area (Å²) in [5.41, 5.74) is 7.15. The Balaban J connectivity index is 1.34. The summed E-state index contributed by atoms with van der Waals surface area (Å²) in [6, 6.07) is 6.76. The van der Waals surface area contributed by atoms with Crippen molar-refractivity contribution in [1.29, 1.82) is 0 Å². The number of nitrogens with zero attached hydrogens (tertiary/aromatic N) is 2. The highest BCUT2D eigenvalue weighted by Crippen LogP contribution is 2.36. The zero-order valence-electron chi connectivity index (χ0n) is 17.5. The maximum absolute atomic E-state index is 13.6. The number of anilines is 1. The van der Waals surface area contributed by atoms with Crippen molar-refractivity contribution in [1.82, 2.24) is 14.7 Å². The highest BCUT2D eigenvalue weighted by atomic mass is 19.1. The third-order valence-electron chi connectivity index (χ3n) is 6.64. The van der Waals surface area contributed by atoms with E-state index in [-0.39, 0.29) is 11.7 Å². The van der Waals surface area contributed by atoms with E-state index >= 15 is 0 Å². The number of pyridine rings is 1. The lowest BCUT2D eigenvalue weighted by atomic mass is 9.91. The topological polar surface area (TPSA) is 67.7 Å². The van der Waals surface area contributed by atoms with E-state index in [2.05, 4.69) is 27.8 Å². The lowest BCUT2D eigenvalue weighted by Gasteiger charge is -2.23. The van der Waals surface area contributed by atoms with E-state index in [1.807, 2.05) is 16.5 Å². The molecule has 2 aliphatic heterocycles. The number of amides is 1. The lowest BCUT2D eigenvalue weighted by molar-refractivity contribution is 0.0754. The van der Waals surface area contributed by atoms with Crippen LogP contribution in [0.2, 0.25) is 0 Å². The Morgan fingerprint density at radius 1 is 1.22 bits per heavy atom. The van der Waals surface area contributed by atoms with Crippen LogP contribution in [0, 0.1) is 11.7 Å². The SMILES string of the molecule is O=C1NCc2c(-c3cnc4cc(F)ccn34)ccc(NC3=CCC(C4CCOCC4)=C3)c21. The van der Waals surface area contributed by atoms with E-state index in [0.717, 1.165) is 60.7 Å². The summed E-state index contributed by atoms with van der Waals surface area (Å²) < 4.78 is 20.9. The Morgan fingerprint density at radius 3 is 2.97 bits per heavy atom. The number of carbonyl (C=O) groups excluding carboxylic acids is 1. The molecule has 0 spiro atoms. The Morgan fingerprint density at radius 2 is 2.09 bits per heavy atom. The molecule has 1 fully saturated rings. The van der Waals surface area contributed by atoms with Gasteiger partial charge in [-0.1, -0.05) is 17.7 Å². The number of fused-ring (bicyclic) bond motifs is 2. The molecule has 0 saturated carbocycles. The fourth-order valence-electron chi connectivity index (χ4n) is 4.99. The quantitative estimate of drug-likeness (QED) is 0.642. The van der Waals surface area contributed by atoms with Gasteiger partial charge in [-0.2, -0.15) is 0 Å². The van der Waals surface area contributed by atoms with Gasteiger partial charge in [0.25, 0.3) is 5.91 Å². The molecule has 0 radical (unpaired) electrons. The van der Waals surface area contributed by atoms with E-state index in [0.29, 0.717) is 23.7 Å². The van der Waals surface area contributed by atoms with E-state index in [1.54, 1.807) is 12.4 Å². The van der Waals surface area contributed by atoms with Gasteiger partial charge < -0.3 is 15.4 Å². The zero-order valence-corrected chi connectivity index (χ0v) is 17.5. The molecule has 6 nitrogen and oxygen atoms in total. The fourth-order valence-corrected chi connectivity index (χ4v) is 4.99. The average molecular weight is 430 g/mol. The van der Waals surface area contributed by atoms with Crippen molar-refractivity contribution >= 4 is 17.2 Å². The van der Waals surface area contributed by atoms with Gasteiger partial charge in [-0.3, -0.25) is 9.20 Å². The maximum Gasteiger partial charge on any atom is 0.254 e. The molecule has 2 N–H and O–H groups in total. The van der Waals surface area contributed by atoms with Crippen molar-refractivity contribution in [3.63, 3.8) is 0 Å². The average Bonchev–Trinajstić information content (AvgIpc) is 3.54. The second-order valence-electron chi connectivity index (χ2n) is 8.51. The number of rotatable bonds is 4. The second kappa shape index (κ2) is 7.60. The Hall–Kier alpha value is -3.45. The van der Waals surface area contributed by atoms with E-state index < -0.39 is 0 Å². The third kappa shape index (κ3) is 3.20. The monoisotopic (exact) mass is 430 g/mol. The number of hydrogen-bond donors (Lipinski definition) is 2. The van der Waals surface area contributed by atoms with Crippen LogP contribution in [0.25, 0.3) is 16.9 Å². The van der Waals surface area contributed by atoms with Crippen LogP contribution >= 0.6 is 0 Å². The molecule has 1 saturated heterocycles. The molecule has 32 heavy (non-hydrogen) atoms. The molecular formula is C25H23FN4O2. The van der Waals surface area contributed by atoms with Crippen LogP contribution < -0.4 is 10.6 Å². The molecular weight excluding hydrogens is 407 g/mol. The van der Waals surface area contributed by atoms with Gasteiger partial charge in [-0.25, -0.2) is 9.37 Å². The predicted octanol–water partition coefficient (Wildman–Crippen LogP) is 4.44. The van der Waals surface area contributed by atoms with Gasteiger partial charge in [0, 0.05) is 43.3 Å². The van der Waals surface area contributed by atoms with Crippen molar-refractivity contribution in [2.75, 3.05) is 18.5 Å². The molecule has 0 unspecified atom stereocenters. The largest absolute Gasteiger partial charge is 0.381 e. The number of nitrogens with one attached hydrogen (secondary N) is 2. The van der Waals surface area contributed by atoms with Gasteiger partial charge in [0.05, 0.1) is 23.1 Å². The smallest absolute Gasteiger partial charge is 0.254 e. The minimum absolute atomic E-state index is 0.0866. The van der Waals surface area contributed by atoms with E-state index in [9.17, 15) is 9.18 Å².